The molecule has 5 nitrogen and oxygen atoms in total. The minimum atomic E-state index is -3.65. The lowest BCUT2D eigenvalue weighted by Gasteiger charge is -2.26. The third kappa shape index (κ3) is 4.80. The van der Waals surface area contributed by atoms with E-state index in [1.807, 2.05) is 43.3 Å². The third-order valence-corrected chi connectivity index (χ3v) is 7.37. The van der Waals surface area contributed by atoms with Crippen molar-refractivity contribution in [1.29, 1.82) is 0 Å². The molecule has 1 aliphatic rings. The first-order chi connectivity index (χ1) is 15.4. The number of carbonyl (C=O) groups is 1. The minimum absolute atomic E-state index is 0.149. The van der Waals surface area contributed by atoms with Gasteiger partial charge in [-0.3, -0.25) is 9.10 Å². The molecule has 0 aliphatic heterocycles. The highest BCUT2D eigenvalue weighted by atomic mass is 32.2. The van der Waals surface area contributed by atoms with Crippen LogP contribution in [0.4, 0.5) is 5.69 Å². The zero-order valence-corrected chi connectivity index (χ0v) is 19.5. The Bertz CT molecular complexity index is 1230. The highest BCUT2D eigenvalue weighted by molar-refractivity contribution is 7.92. The van der Waals surface area contributed by atoms with Crippen LogP contribution in [0.15, 0.2) is 60.7 Å². The Kier molecular flexibility index (Phi) is 6.51. The summed E-state index contributed by atoms with van der Waals surface area (Å²) in [5, 5.41) is 4.80. The van der Waals surface area contributed by atoms with Gasteiger partial charge < -0.3 is 5.32 Å². The van der Waals surface area contributed by atoms with Gasteiger partial charge in [-0.25, -0.2) is 8.42 Å². The highest BCUT2D eigenvalue weighted by Crippen LogP contribution is 2.29. The summed E-state index contributed by atoms with van der Waals surface area (Å²) in [5.41, 5.74) is 4.37. The van der Waals surface area contributed by atoms with Crippen molar-refractivity contribution in [1.82, 2.24) is 5.32 Å². The van der Waals surface area contributed by atoms with Gasteiger partial charge in [-0.2, -0.15) is 0 Å². The van der Waals surface area contributed by atoms with E-state index in [1.54, 1.807) is 6.07 Å². The fourth-order valence-electron chi connectivity index (χ4n) is 4.57. The topological polar surface area (TPSA) is 66.5 Å². The second-order valence-corrected chi connectivity index (χ2v) is 10.4. The number of hydrogen-bond donors (Lipinski definition) is 1. The van der Waals surface area contributed by atoms with Crippen molar-refractivity contribution in [2.24, 2.45) is 0 Å². The van der Waals surface area contributed by atoms with Gasteiger partial charge in [-0.05, 0) is 60.2 Å². The third-order valence-electron chi connectivity index (χ3n) is 6.24. The Hall–Kier alpha value is -2.86. The lowest BCUT2D eigenvalue weighted by Crippen LogP contribution is -2.41. The van der Waals surface area contributed by atoms with E-state index in [0.29, 0.717) is 5.69 Å². The zero-order chi connectivity index (χ0) is 22.7. The number of nitrogens with one attached hydrogen (secondary N) is 1. The van der Waals surface area contributed by atoms with Gasteiger partial charge in [-0.15, -0.1) is 0 Å². The summed E-state index contributed by atoms with van der Waals surface area (Å²) in [6.07, 6.45) is 6.51. The van der Waals surface area contributed by atoms with E-state index >= 15 is 0 Å². The molecule has 3 aromatic rings. The van der Waals surface area contributed by atoms with Crippen molar-refractivity contribution in [3.63, 3.8) is 0 Å². The molecule has 3 aromatic carbocycles. The molecule has 168 valence electrons. The van der Waals surface area contributed by atoms with Crippen LogP contribution in [0.3, 0.4) is 0 Å². The number of carbonyl (C=O) groups excluding carboxylic acids is 1. The maximum Gasteiger partial charge on any atom is 0.241 e. The van der Waals surface area contributed by atoms with E-state index in [-0.39, 0.29) is 18.5 Å². The van der Waals surface area contributed by atoms with E-state index in [4.69, 9.17) is 0 Å². The SMILES string of the molecule is CC[C@@H](NC(=O)CN(c1cccc2ccccc12)S(C)(=O)=O)c1ccc2c(c1)CCCC2. The molecule has 0 bridgehead atoms. The summed E-state index contributed by atoms with van der Waals surface area (Å²) in [6, 6.07) is 19.4. The standard InChI is InChI=1S/C26H30N2O3S/c1-3-24(22-16-15-19-9-4-5-11-21(19)17-22)27-26(29)18-28(32(2,30)31)25-14-8-12-20-10-6-7-13-23(20)25/h6-8,10,12-17,24H,3-5,9,11,18H2,1-2H3,(H,27,29)/t24-/m1/s1. The monoisotopic (exact) mass is 450 g/mol. The Balaban J connectivity index is 1.57. The normalized spacial score (nSPS) is 14.6. The predicted octanol–water partition coefficient (Wildman–Crippen LogP) is 4.75. The molecule has 0 fully saturated rings. The van der Waals surface area contributed by atoms with E-state index < -0.39 is 10.0 Å². The van der Waals surface area contributed by atoms with Gasteiger partial charge in [0.2, 0.25) is 15.9 Å². The molecule has 0 saturated heterocycles. The number of hydrogen-bond acceptors (Lipinski definition) is 3. The van der Waals surface area contributed by atoms with Gasteiger partial charge in [0.25, 0.3) is 0 Å². The molecule has 1 N–H and O–H groups in total. The molecule has 0 aromatic heterocycles. The molecule has 0 unspecified atom stereocenters. The molecule has 1 aliphatic carbocycles. The molecular weight excluding hydrogens is 420 g/mol. The minimum Gasteiger partial charge on any atom is -0.348 e. The van der Waals surface area contributed by atoms with Crippen LogP contribution in [0, 0.1) is 0 Å². The summed E-state index contributed by atoms with van der Waals surface area (Å²) in [4.78, 5) is 13.0. The Morgan fingerprint density at radius 2 is 1.72 bits per heavy atom. The van der Waals surface area contributed by atoms with Crippen LogP contribution in [-0.4, -0.2) is 27.1 Å². The van der Waals surface area contributed by atoms with Crippen molar-refractivity contribution in [2.45, 2.75) is 45.1 Å². The van der Waals surface area contributed by atoms with Crippen LogP contribution in [0.1, 0.15) is 48.9 Å². The summed E-state index contributed by atoms with van der Waals surface area (Å²) in [6.45, 7) is 1.78. The summed E-state index contributed by atoms with van der Waals surface area (Å²) < 4.78 is 26.5. The summed E-state index contributed by atoms with van der Waals surface area (Å²) in [5.74, 6) is -0.312. The second-order valence-electron chi connectivity index (χ2n) is 8.53. The number of fused-ring (bicyclic) bond motifs is 2. The first-order valence-electron chi connectivity index (χ1n) is 11.2. The molecule has 0 spiro atoms. The summed E-state index contributed by atoms with van der Waals surface area (Å²) in [7, 11) is -3.65. The van der Waals surface area contributed by atoms with E-state index in [1.165, 1.54) is 28.3 Å². The van der Waals surface area contributed by atoms with Crippen LogP contribution in [0.2, 0.25) is 0 Å². The highest BCUT2D eigenvalue weighted by Gasteiger charge is 2.24. The maximum absolute atomic E-state index is 13.0. The number of benzene rings is 3. The predicted molar refractivity (Wildman–Crippen MR) is 130 cm³/mol. The number of rotatable bonds is 7. The van der Waals surface area contributed by atoms with Gasteiger partial charge in [-0.1, -0.05) is 61.5 Å². The van der Waals surface area contributed by atoms with Gasteiger partial charge in [0.1, 0.15) is 6.54 Å². The van der Waals surface area contributed by atoms with Crippen LogP contribution >= 0.6 is 0 Å². The molecule has 32 heavy (non-hydrogen) atoms. The molecule has 0 heterocycles. The fraction of sp³-hybridized carbons (Fsp3) is 0.346. The molecule has 1 amide bonds. The van der Waals surface area contributed by atoms with Crippen molar-refractivity contribution in [3.05, 3.63) is 77.4 Å². The lowest BCUT2D eigenvalue weighted by atomic mass is 9.89. The van der Waals surface area contributed by atoms with Gasteiger partial charge >= 0.3 is 0 Å². The fourth-order valence-corrected chi connectivity index (χ4v) is 5.44. The van der Waals surface area contributed by atoms with Crippen molar-refractivity contribution in [3.8, 4) is 0 Å². The van der Waals surface area contributed by atoms with Crippen molar-refractivity contribution < 1.29 is 13.2 Å². The number of nitrogens with zero attached hydrogens (tertiary/aromatic N) is 1. The van der Waals surface area contributed by atoms with Crippen LogP contribution in [0.5, 0.6) is 0 Å². The smallest absolute Gasteiger partial charge is 0.241 e. The average molecular weight is 451 g/mol. The Labute approximate surface area is 190 Å². The first-order valence-corrected chi connectivity index (χ1v) is 13.1. The molecular formula is C26H30N2O3S. The Morgan fingerprint density at radius 3 is 2.47 bits per heavy atom. The Morgan fingerprint density at radius 1 is 1.00 bits per heavy atom. The van der Waals surface area contributed by atoms with E-state index in [0.717, 1.165) is 41.9 Å². The molecule has 6 heteroatoms. The average Bonchev–Trinajstić information content (AvgIpc) is 2.79. The largest absolute Gasteiger partial charge is 0.348 e. The van der Waals surface area contributed by atoms with Gasteiger partial charge in [0.05, 0.1) is 18.0 Å². The van der Waals surface area contributed by atoms with Gasteiger partial charge in [0, 0.05) is 5.39 Å². The van der Waals surface area contributed by atoms with Gasteiger partial charge in [0.15, 0.2) is 0 Å². The molecule has 0 radical (unpaired) electrons. The number of sulfonamides is 1. The molecule has 4 rings (SSSR count). The van der Waals surface area contributed by atoms with Crippen molar-refractivity contribution >= 4 is 32.4 Å². The molecule has 0 saturated carbocycles. The second kappa shape index (κ2) is 9.33. The maximum atomic E-state index is 13.0. The lowest BCUT2D eigenvalue weighted by molar-refractivity contribution is -0.120. The van der Waals surface area contributed by atoms with E-state index in [2.05, 4.69) is 23.5 Å². The van der Waals surface area contributed by atoms with Crippen LogP contribution in [0.25, 0.3) is 10.8 Å². The number of anilines is 1. The quantitative estimate of drug-likeness (QED) is 0.565. The van der Waals surface area contributed by atoms with Crippen LogP contribution in [-0.2, 0) is 27.7 Å². The van der Waals surface area contributed by atoms with Crippen LogP contribution < -0.4 is 9.62 Å². The van der Waals surface area contributed by atoms with Crippen molar-refractivity contribution in [2.75, 3.05) is 17.1 Å². The zero-order valence-electron chi connectivity index (χ0n) is 18.7. The first kappa shape index (κ1) is 22.3. The molecule has 1 atom stereocenters. The number of aryl methyl sites for hydroxylation is 2. The van der Waals surface area contributed by atoms with E-state index in [9.17, 15) is 13.2 Å². The number of amides is 1. The summed E-state index contributed by atoms with van der Waals surface area (Å²) >= 11 is 0.